The minimum Gasteiger partial charge on any atom is -0.374 e. The smallest absolute Gasteiger partial charge is 0.257 e. The van der Waals surface area contributed by atoms with Gasteiger partial charge in [-0.2, -0.15) is 0 Å². The first-order valence-corrected chi connectivity index (χ1v) is 7.56. The number of hydrogen-bond donors (Lipinski definition) is 2. The van der Waals surface area contributed by atoms with Crippen LogP contribution in [0.25, 0.3) is 0 Å². The fraction of sp³-hybridized carbons (Fsp3) is 0.600. The molecule has 1 amide bonds. The molecule has 1 saturated carbocycles. The molecule has 6 heteroatoms. The predicted molar refractivity (Wildman–Crippen MR) is 79.8 cm³/mol. The summed E-state index contributed by atoms with van der Waals surface area (Å²) in [5.74, 6) is 5.54. The molecule has 1 aliphatic carbocycles. The van der Waals surface area contributed by atoms with E-state index in [-0.39, 0.29) is 18.1 Å². The van der Waals surface area contributed by atoms with Gasteiger partial charge in [0.05, 0.1) is 30.0 Å². The molecule has 0 radical (unpaired) electrons. The Morgan fingerprint density at radius 1 is 1.48 bits per heavy atom. The van der Waals surface area contributed by atoms with Gasteiger partial charge in [-0.25, -0.2) is 0 Å². The van der Waals surface area contributed by atoms with E-state index in [0.717, 1.165) is 25.0 Å². The number of nitrogen functional groups attached to an aromatic ring is 1. The standard InChI is InChI=1S/C15H22N4O2/c1-10-8-12(18-16)11(9-17-10)15(20)19-6-7-21-14-5-3-2-4-13(14)19/h8-9,13-14H,2-7,16H2,1H3,(H,17,18). The number of aryl methyl sites for hydroxylation is 1. The number of hydrogen-bond acceptors (Lipinski definition) is 5. The van der Waals surface area contributed by atoms with E-state index in [1.165, 1.54) is 6.42 Å². The van der Waals surface area contributed by atoms with E-state index in [1.807, 2.05) is 11.8 Å². The van der Waals surface area contributed by atoms with Crippen LogP contribution in [0, 0.1) is 6.92 Å². The van der Waals surface area contributed by atoms with Crippen molar-refractivity contribution in [3.8, 4) is 0 Å². The summed E-state index contributed by atoms with van der Waals surface area (Å²) >= 11 is 0. The number of fused-ring (bicyclic) bond motifs is 1. The summed E-state index contributed by atoms with van der Waals surface area (Å²) in [6.45, 7) is 3.12. The number of amides is 1. The summed E-state index contributed by atoms with van der Waals surface area (Å²) < 4.78 is 5.82. The molecule has 2 heterocycles. The van der Waals surface area contributed by atoms with Gasteiger partial charge < -0.3 is 15.1 Å². The van der Waals surface area contributed by atoms with Crippen molar-refractivity contribution in [3.05, 3.63) is 23.5 Å². The minimum atomic E-state index is -0.00403. The number of morpholine rings is 1. The number of nitrogens with two attached hydrogens (primary N) is 1. The van der Waals surface area contributed by atoms with Crippen molar-refractivity contribution in [1.82, 2.24) is 9.88 Å². The summed E-state index contributed by atoms with van der Waals surface area (Å²) in [5, 5.41) is 0. The molecular weight excluding hydrogens is 268 g/mol. The summed E-state index contributed by atoms with van der Waals surface area (Å²) in [6.07, 6.45) is 6.20. The van der Waals surface area contributed by atoms with Crippen molar-refractivity contribution in [1.29, 1.82) is 0 Å². The molecule has 0 aromatic carbocycles. The fourth-order valence-corrected chi connectivity index (χ4v) is 3.35. The summed E-state index contributed by atoms with van der Waals surface area (Å²) in [6, 6.07) is 1.98. The molecule has 1 aliphatic heterocycles. The number of anilines is 1. The third kappa shape index (κ3) is 2.73. The molecule has 3 rings (SSSR count). The third-order valence-corrected chi connectivity index (χ3v) is 4.42. The zero-order valence-corrected chi connectivity index (χ0v) is 12.3. The second-order valence-corrected chi connectivity index (χ2v) is 5.78. The number of rotatable bonds is 2. The van der Waals surface area contributed by atoms with E-state index in [2.05, 4.69) is 10.4 Å². The second-order valence-electron chi connectivity index (χ2n) is 5.78. The third-order valence-electron chi connectivity index (χ3n) is 4.42. The van der Waals surface area contributed by atoms with Gasteiger partial charge in [-0.05, 0) is 25.8 Å². The van der Waals surface area contributed by atoms with Crippen LogP contribution < -0.4 is 11.3 Å². The van der Waals surface area contributed by atoms with Gasteiger partial charge >= 0.3 is 0 Å². The highest BCUT2D eigenvalue weighted by atomic mass is 16.5. The van der Waals surface area contributed by atoms with Gasteiger partial charge in [0.15, 0.2) is 0 Å². The van der Waals surface area contributed by atoms with Crippen molar-refractivity contribution in [2.75, 3.05) is 18.6 Å². The lowest BCUT2D eigenvalue weighted by atomic mass is 9.89. The van der Waals surface area contributed by atoms with Gasteiger partial charge in [0.1, 0.15) is 0 Å². The summed E-state index contributed by atoms with van der Waals surface area (Å²) in [7, 11) is 0. The van der Waals surface area contributed by atoms with E-state index in [0.29, 0.717) is 24.4 Å². The Morgan fingerprint density at radius 2 is 2.29 bits per heavy atom. The maximum absolute atomic E-state index is 12.9. The lowest BCUT2D eigenvalue weighted by Crippen LogP contribution is -2.54. The zero-order valence-electron chi connectivity index (χ0n) is 12.3. The normalized spacial score (nSPS) is 25.3. The van der Waals surface area contributed by atoms with Gasteiger partial charge in [0.25, 0.3) is 5.91 Å². The average molecular weight is 290 g/mol. The molecule has 2 fully saturated rings. The number of aromatic nitrogens is 1. The fourth-order valence-electron chi connectivity index (χ4n) is 3.35. The SMILES string of the molecule is Cc1cc(NN)c(C(=O)N2CCOC3CCCCC32)cn1. The van der Waals surface area contributed by atoms with Gasteiger partial charge in [-0.15, -0.1) is 0 Å². The summed E-state index contributed by atoms with van der Waals surface area (Å²) in [5.41, 5.74) is 4.61. The van der Waals surface area contributed by atoms with Crippen LogP contribution in [0.3, 0.4) is 0 Å². The number of hydrazine groups is 1. The first-order valence-electron chi connectivity index (χ1n) is 7.56. The van der Waals surface area contributed by atoms with Crippen molar-refractivity contribution in [2.24, 2.45) is 5.84 Å². The van der Waals surface area contributed by atoms with Gasteiger partial charge in [0.2, 0.25) is 0 Å². The number of pyridine rings is 1. The van der Waals surface area contributed by atoms with Crippen molar-refractivity contribution in [2.45, 2.75) is 44.8 Å². The lowest BCUT2D eigenvalue weighted by molar-refractivity contribution is -0.0752. The molecule has 2 aliphatic rings. The maximum atomic E-state index is 12.9. The maximum Gasteiger partial charge on any atom is 0.257 e. The largest absolute Gasteiger partial charge is 0.374 e. The van der Waals surface area contributed by atoms with Gasteiger partial charge in [-0.1, -0.05) is 12.8 Å². The van der Waals surface area contributed by atoms with Crippen LogP contribution in [0.5, 0.6) is 0 Å². The molecule has 1 saturated heterocycles. The van der Waals surface area contributed by atoms with Crippen LogP contribution in [-0.2, 0) is 4.74 Å². The first-order chi connectivity index (χ1) is 10.2. The van der Waals surface area contributed by atoms with Crippen LogP contribution in [0.15, 0.2) is 12.3 Å². The van der Waals surface area contributed by atoms with Crippen LogP contribution in [-0.4, -0.2) is 41.1 Å². The van der Waals surface area contributed by atoms with E-state index < -0.39 is 0 Å². The quantitative estimate of drug-likeness (QED) is 0.636. The molecule has 0 bridgehead atoms. The number of nitrogens with zero attached hydrogens (tertiary/aromatic N) is 2. The predicted octanol–water partition coefficient (Wildman–Crippen LogP) is 1.46. The van der Waals surface area contributed by atoms with Crippen molar-refractivity contribution >= 4 is 11.6 Å². The molecule has 0 spiro atoms. The molecule has 1 aromatic rings. The van der Waals surface area contributed by atoms with Gasteiger partial charge in [0, 0.05) is 18.4 Å². The molecule has 114 valence electrons. The first kappa shape index (κ1) is 14.3. The van der Waals surface area contributed by atoms with Gasteiger partial charge in [-0.3, -0.25) is 15.6 Å². The van der Waals surface area contributed by atoms with E-state index in [9.17, 15) is 4.79 Å². The molecular formula is C15H22N4O2. The molecule has 21 heavy (non-hydrogen) atoms. The molecule has 6 nitrogen and oxygen atoms in total. The Hall–Kier alpha value is -1.66. The minimum absolute atomic E-state index is 0.00403. The number of ether oxygens (including phenoxy) is 1. The number of nitrogens with one attached hydrogen (secondary N) is 1. The Morgan fingerprint density at radius 3 is 3.10 bits per heavy atom. The monoisotopic (exact) mass is 290 g/mol. The van der Waals surface area contributed by atoms with Crippen molar-refractivity contribution < 1.29 is 9.53 Å². The Bertz CT molecular complexity index is 532. The zero-order chi connectivity index (χ0) is 14.8. The highest BCUT2D eigenvalue weighted by Crippen LogP contribution is 2.30. The van der Waals surface area contributed by atoms with Crippen molar-refractivity contribution in [3.63, 3.8) is 0 Å². The average Bonchev–Trinajstić information content (AvgIpc) is 2.53. The molecule has 3 N–H and O–H groups in total. The highest BCUT2D eigenvalue weighted by Gasteiger charge is 2.37. The second kappa shape index (κ2) is 5.99. The Labute approximate surface area is 124 Å². The Balaban J connectivity index is 1.87. The topological polar surface area (TPSA) is 80.5 Å². The molecule has 2 atom stereocenters. The van der Waals surface area contributed by atoms with E-state index in [4.69, 9.17) is 10.6 Å². The van der Waals surface area contributed by atoms with Crippen LogP contribution in [0.1, 0.15) is 41.7 Å². The molecule has 2 unspecified atom stereocenters. The van der Waals surface area contributed by atoms with E-state index >= 15 is 0 Å². The van der Waals surface area contributed by atoms with Crippen LogP contribution in [0.2, 0.25) is 0 Å². The number of carbonyl (C=O) groups is 1. The summed E-state index contributed by atoms with van der Waals surface area (Å²) in [4.78, 5) is 19.1. The molecule has 1 aromatic heterocycles. The lowest BCUT2D eigenvalue weighted by Gasteiger charge is -2.43. The highest BCUT2D eigenvalue weighted by molar-refractivity contribution is 5.99. The Kier molecular flexibility index (Phi) is 4.07. The van der Waals surface area contributed by atoms with E-state index in [1.54, 1.807) is 12.3 Å². The number of carbonyl (C=O) groups excluding carboxylic acids is 1. The van der Waals surface area contributed by atoms with Crippen LogP contribution >= 0.6 is 0 Å². The van der Waals surface area contributed by atoms with Crippen LogP contribution in [0.4, 0.5) is 5.69 Å².